The Labute approximate surface area is 92.5 Å². The normalized spacial score (nSPS) is 12.9. The first-order valence-electron chi connectivity index (χ1n) is 5.67. The average Bonchev–Trinajstić information content (AvgIpc) is 2.14. The lowest BCUT2D eigenvalue weighted by Gasteiger charge is -2.10. The third kappa shape index (κ3) is 9.69. The number of nitrogens with two attached hydrogens (primary N) is 1. The molecule has 3 N–H and O–H groups in total. The Kier molecular flexibility index (Phi) is 8.33. The van der Waals surface area contributed by atoms with Crippen LogP contribution in [0.3, 0.4) is 0 Å². The van der Waals surface area contributed by atoms with Crippen LogP contribution in [0, 0.1) is 11.8 Å². The van der Waals surface area contributed by atoms with Crippen molar-refractivity contribution >= 4 is 5.91 Å². The molecule has 0 aliphatic carbocycles. The van der Waals surface area contributed by atoms with Crippen molar-refractivity contribution in [2.24, 2.45) is 17.6 Å². The molecule has 0 bridgehead atoms. The predicted molar refractivity (Wildman–Crippen MR) is 61.0 cm³/mol. The van der Waals surface area contributed by atoms with Gasteiger partial charge >= 0.3 is 0 Å². The van der Waals surface area contributed by atoms with Gasteiger partial charge in [-0.1, -0.05) is 20.8 Å². The molecule has 0 radical (unpaired) electrons. The van der Waals surface area contributed by atoms with Crippen LogP contribution in [0.2, 0.25) is 0 Å². The summed E-state index contributed by atoms with van der Waals surface area (Å²) in [5.74, 6) is 0.895. The standard InChI is InChI=1S/C11H24N2O2/c1-9(2)8-15-13-11(14)5-4-10(3)6-7-12/h9-10H,4-8,12H2,1-3H3,(H,13,14). The number of hydrogen-bond acceptors (Lipinski definition) is 3. The van der Waals surface area contributed by atoms with Gasteiger partial charge in [0.1, 0.15) is 0 Å². The maximum Gasteiger partial charge on any atom is 0.243 e. The van der Waals surface area contributed by atoms with E-state index in [9.17, 15) is 4.79 Å². The van der Waals surface area contributed by atoms with Crippen molar-refractivity contribution in [2.75, 3.05) is 13.2 Å². The number of hydroxylamine groups is 1. The molecule has 0 fully saturated rings. The first-order chi connectivity index (χ1) is 7.06. The molecular formula is C11H24N2O2. The van der Waals surface area contributed by atoms with E-state index in [2.05, 4.69) is 12.4 Å². The molecule has 0 heterocycles. The van der Waals surface area contributed by atoms with Gasteiger partial charge in [-0.3, -0.25) is 9.63 Å². The maximum absolute atomic E-state index is 11.3. The summed E-state index contributed by atoms with van der Waals surface area (Å²) >= 11 is 0. The molecule has 0 rings (SSSR count). The third-order valence-corrected chi connectivity index (χ3v) is 2.13. The highest BCUT2D eigenvalue weighted by molar-refractivity contribution is 5.74. The molecule has 0 aromatic rings. The summed E-state index contributed by atoms with van der Waals surface area (Å²) in [5, 5.41) is 0. The fourth-order valence-corrected chi connectivity index (χ4v) is 1.15. The van der Waals surface area contributed by atoms with Crippen LogP contribution in [0.25, 0.3) is 0 Å². The Hall–Kier alpha value is -0.610. The summed E-state index contributed by atoms with van der Waals surface area (Å²) in [5.41, 5.74) is 7.87. The summed E-state index contributed by atoms with van der Waals surface area (Å²) in [6.07, 6.45) is 2.35. The maximum atomic E-state index is 11.3. The second-order valence-corrected chi connectivity index (χ2v) is 4.45. The molecule has 15 heavy (non-hydrogen) atoms. The van der Waals surface area contributed by atoms with Crippen LogP contribution in [0.5, 0.6) is 0 Å². The Balaban J connectivity index is 3.40. The van der Waals surface area contributed by atoms with Crippen molar-refractivity contribution in [1.82, 2.24) is 5.48 Å². The molecule has 1 atom stereocenters. The van der Waals surface area contributed by atoms with Gasteiger partial charge in [0.2, 0.25) is 5.91 Å². The first-order valence-corrected chi connectivity index (χ1v) is 5.67. The molecule has 4 nitrogen and oxygen atoms in total. The van der Waals surface area contributed by atoms with Gasteiger partial charge in [-0.2, -0.15) is 0 Å². The van der Waals surface area contributed by atoms with E-state index >= 15 is 0 Å². The fourth-order valence-electron chi connectivity index (χ4n) is 1.15. The van der Waals surface area contributed by atoms with E-state index in [-0.39, 0.29) is 5.91 Å². The zero-order valence-electron chi connectivity index (χ0n) is 10.1. The Morgan fingerprint density at radius 1 is 1.33 bits per heavy atom. The lowest BCUT2D eigenvalue weighted by molar-refractivity contribution is -0.134. The highest BCUT2D eigenvalue weighted by Gasteiger charge is 2.06. The molecule has 1 amide bonds. The molecule has 0 aliphatic heterocycles. The summed E-state index contributed by atoms with van der Waals surface area (Å²) in [4.78, 5) is 16.3. The fraction of sp³-hybridized carbons (Fsp3) is 0.909. The van der Waals surface area contributed by atoms with Gasteiger partial charge in [0.15, 0.2) is 0 Å². The molecule has 0 saturated heterocycles. The molecule has 4 heteroatoms. The van der Waals surface area contributed by atoms with Crippen LogP contribution in [0.1, 0.15) is 40.0 Å². The monoisotopic (exact) mass is 216 g/mol. The second kappa shape index (κ2) is 8.68. The van der Waals surface area contributed by atoms with E-state index in [1.54, 1.807) is 0 Å². The van der Waals surface area contributed by atoms with Gasteiger partial charge in [-0.25, -0.2) is 5.48 Å². The van der Waals surface area contributed by atoms with Crippen LogP contribution >= 0.6 is 0 Å². The Morgan fingerprint density at radius 2 is 2.00 bits per heavy atom. The summed E-state index contributed by atoms with van der Waals surface area (Å²) < 4.78 is 0. The van der Waals surface area contributed by atoms with E-state index in [1.165, 1.54) is 0 Å². The zero-order chi connectivity index (χ0) is 11.7. The van der Waals surface area contributed by atoms with Gasteiger partial charge in [0.05, 0.1) is 6.61 Å². The zero-order valence-corrected chi connectivity index (χ0v) is 10.1. The molecule has 0 aromatic heterocycles. The van der Waals surface area contributed by atoms with E-state index < -0.39 is 0 Å². The number of carbonyl (C=O) groups excluding carboxylic acids is 1. The predicted octanol–water partition coefficient (Wildman–Crippen LogP) is 1.46. The topological polar surface area (TPSA) is 64.3 Å². The second-order valence-electron chi connectivity index (χ2n) is 4.45. The number of rotatable bonds is 8. The summed E-state index contributed by atoms with van der Waals surface area (Å²) in [6, 6.07) is 0. The largest absolute Gasteiger partial charge is 0.330 e. The minimum Gasteiger partial charge on any atom is -0.330 e. The van der Waals surface area contributed by atoms with Crippen molar-refractivity contribution in [1.29, 1.82) is 0 Å². The van der Waals surface area contributed by atoms with Crippen molar-refractivity contribution in [3.05, 3.63) is 0 Å². The van der Waals surface area contributed by atoms with Crippen molar-refractivity contribution in [3.63, 3.8) is 0 Å². The number of nitrogens with one attached hydrogen (secondary N) is 1. The van der Waals surface area contributed by atoms with Crippen LogP contribution < -0.4 is 11.2 Å². The van der Waals surface area contributed by atoms with E-state index in [1.807, 2.05) is 13.8 Å². The van der Waals surface area contributed by atoms with Gasteiger partial charge in [-0.15, -0.1) is 0 Å². The number of hydrogen-bond donors (Lipinski definition) is 2. The highest BCUT2D eigenvalue weighted by atomic mass is 16.6. The van der Waals surface area contributed by atoms with Crippen molar-refractivity contribution in [2.45, 2.75) is 40.0 Å². The Bertz CT molecular complexity index is 172. The minimum absolute atomic E-state index is 0.0421. The quantitative estimate of drug-likeness (QED) is 0.604. The molecule has 0 saturated carbocycles. The first kappa shape index (κ1) is 14.4. The molecule has 0 aliphatic rings. The molecule has 90 valence electrons. The average molecular weight is 216 g/mol. The van der Waals surface area contributed by atoms with Crippen molar-refractivity contribution in [3.8, 4) is 0 Å². The molecule has 0 aromatic carbocycles. The van der Waals surface area contributed by atoms with Crippen LogP contribution in [-0.2, 0) is 9.63 Å². The van der Waals surface area contributed by atoms with Crippen LogP contribution in [-0.4, -0.2) is 19.1 Å². The Morgan fingerprint density at radius 3 is 2.53 bits per heavy atom. The van der Waals surface area contributed by atoms with Gasteiger partial charge in [0, 0.05) is 6.42 Å². The van der Waals surface area contributed by atoms with Crippen molar-refractivity contribution < 1.29 is 9.63 Å². The van der Waals surface area contributed by atoms with Crippen LogP contribution in [0.4, 0.5) is 0 Å². The molecule has 0 spiro atoms. The van der Waals surface area contributed by atoms with Gasteiger partial charge in [-0.05, 0) is 31.2 Å². The van der Waals surface area contributed by atoms with Gasteiger partial charge < -0.3 is 5.73 Å². The van der Waals surface area contributed by atoms with Crippen LogP contribution in [0.15, 0.2) is 0 Å². The lowest BCUT2D eigenvalue weighted by atomic mass is 10.0. The van der Waals surface area contributed by atoms with E-state index in [0.29, 0.717) is 31.4 Å². The molecular weight excluding hydrogens is 192 g/mol. The third-order valence-electron chi connectivity index (χ3n) is 2.13. The van der Waals surface area contributed by atoms with E-state index in [4.69, 9.17) is 10.6 Å². The summed E-state index contributed by atoms with van der Waals surface area (Å²) in [6.45, 7) is 7.43. The minimum atomic E-state index is -0.0421. The number of amides is 1. The lowest BCUT2D eigenvalue weighted by Crippen LogP contribution is -2.25. The molecule has 1 unspecified atom stereocenters. The highest BCUT2D eigenvalue weighted by Crippen LogP contribution is 2.08. The van der Waals surface area contributed by atoms with E-state index in [0.717, 1.165) is 12.8 Å². The summed E-state index contributed by atoms with van der Waals surface area (Å²) in [7, 11) is 0. The number of carbonyl (C=O) groups is 1. The van der Waals surface area contributed by atoms with Gasteiger partial charge in [0.25, 0.3) is 0 Å². The smallest absolute Gasteiger partial charge is 0.243 e. The SMILES string of the molecule is CC(C)CONC(=O)CCC(C)CCN.